The van der Waals surface area contributed by atoms with E-state index in [1.807, 2.05) is 6.92 Å². The molecular weight excluding hydrogens is 240 g/mol. The predicted molar refractivity (Wildman–Crippen MR) is 75.7 cm³/mol. The van der Waals surface area contributed by atoms with Crippen LogP contribution in [-0.4, -0.2) is 21.7 Å². The lowest BCUT2D eigenvalue weighted by atomic mass is 9.80. The number of carbonyl (C=O) groups is 1. The Kier molecular flexibility index (Phi) is 4.12. The molecular formula is C14H24N4O. The first-order valence-electron chi connectivity index (χ1n) is 7.13. The SMILES string of the molecule is CCn1cc(N)c(C(=O)NC2CC(C)CC(C)C2)n1. The molecule has 1 heterocycles. The van der Waals surface area contributed by atoms with E-state index in [9.17, 15) is 4.79 Å². The summed E-state index contributed by atoms with van der Waals surface area (Å²) in [6.07, 6.45) is 5.05. The smallest absolute Gasteiger partial charge is 0.274 e. The molecule has 0 radical (unpaired) electrons. The molecule has 1 amide bonds. The van der Waals surface area contributed by atoms with Crippen molar-refractivity contribution in [3.05, 3.63) is 11.9 Å². The van der Waals surface area contributed by atoms with Gasteiger partial charge in [-0.05, 0) is 38.0 Å². The molecule has 106 valence electrons. The van der Waals surface area contributed by atoms with Gasteiger partial charge in [0.2, 0.25) is 0 Å². The van der Waals surface area contributed by atoms with Gasteiger partial charge in [0.05, 0.1) is 5.69 Å². The Labute approximate surface area is 114 Å². The second-order valence-electron chi connectivity index (χ2n) is 5.88. The van der Waals surface area contributed by atoms with Gasteiger partial charge in [0.15, 0.2) is 5.69 Å². The number of anilines is 1. The lowest BCUT2D eigenvalue weighted by Gasteiger charge is -2.31. The van der Waals surface area contributed by atoms with Gasteiger partial charge in [-0.2, -0.15) is 5.10 Å². The molecule has 2 rings (SSSR count). The summed E-state index contributed by atoms with van der Waals surface area (Å²) >= 11 is 0. The minimum Gasteiger partial charge on any atom is -0.396 e. The average molecular weight is 264 g/mol. The van der Waals surface area contributed by atoms with E-state index in [-0.39, 0.29) is 11.9 Å². The number of aromatic nitrogens is 2. The zero-order valence-electron chi connectivity index (χ0n) is 12.0. The number of hydrogen-bond acceptors (Lipinski definition) is 3. The number of aryl methyl sites for hydroxylation is 1. The van der Waals surface area contributed by atoms with E-state index in [0.29, 0.717) is 23.2 Å². The number of amides is 1. The van der Waals surface area contributed by atoms with E-state index in [0.717, 1.165) is 19.4 Å². The maximum atomic E-state index is 12.2. The van der Waals surface area contributed by atoms with Gasteiger partial charge in [-0.25, -0.2) is 0 Å². The molecule has 0 saturated heterocycles. The molecule has 1 fully saturated rings. The summed E-state index contributed by atoms with van der Waals surface area (Å²) in [7, 11) is 0. The summed E-state index contributed by atoms with van der Waals surface area (Å²) in [4.78, 5) is 12.2. The van der Waals surface area contributed by atoms with Crippen LogP contribution in [0.25, 0.3) is 0 Å². The molecule has 0 aromatic carbocycles. The van der Waals surface area contributed by atoms with E-state index in [2.05, 4.69) is 24.3 Å². The zero-order chi connectivity index (χ0) is 14.0. The van der Waals surface area contributed by atoms with Crippen LogP contribution in [0.2, 0.25) is 0 Å². The summed E-state index contributed by atoms with van der Waals surface area (Å²) in [5, 5.41) is 7.29. The van der Waals surface area contributed by atoms with Crippen molar-refractivity contribution >= 4 is 11.6 Å². The van der Waals surface area contributed by atoms with Crippen molar-refractivity contribution in [2.75, 3.05) is 5.73 Å². The van der Waals surface area contributed by atoms with Crippen molar-refractivity contribution in [1.82, 2.24) is 15.1 Å². The first-order chi connectivity index (χ1) is 8.99. The highest BCUT2D eigenvalue weighted by Crippen LogP contribution is 2.28. The number of nitrogen functional groups attached to an aromatic ring is 1. The normalized spacial score (nSPS) is 27.2. The maximum absolute atomic E-state index is 12.2. The first-order valence-corrected chi connectivity index (χ1v) is 7.13. The van der Waals surface area contributed by atoms with Crippen molar-refractivity contribution in [2.24, 2.45) is 11.8 Å². The molecule has 5 nitrogen and oxygen atoms in total. The molecule has 0 spiro atoms. The molecule has 1 aliphatic carbocycles. The summed E-state index contributed by atoms with van der Waals surface area (Å²) in [5.41, 5.74) is 6.64. The molecule has 2 atom stereocenters. The van der Waals surface area contributed by atoms with Crippen LogP contribution in [0.3, 0.4) is 0 Å². The molecule has 1 aliphatic rings. The molecule has 0 aliphatic heterocycles. The standard InChI is InChI=1S/C14H24N4O/c1-4-18-8-12(15)13(17-18)14(19)16-11-6-9(2)5-10(3)7-11/h8-11H,4-7,15H2,1-3H3,(H,16,19). The number of hydrogen-bond donors (Lipinski definition) is 2. The lowest BCUT2D eigenvalue weighted by molar-refractivity contribution is 0.0906. The van der Waals surface area contributed by atoms with Gasteiger partial charge in [-0.1, -0.05) is 13.8 Å². The molecule has 2 unspecified atom stereocenters. The van der Waals surface area contributed by atoms with E-state index < -0.39 is 0 Å². The van der Waals surface area contributed by atoms with Crippen molar-refractivity contribution in [2.45, 2.75) is 52.6 Å². The third-order valence-corrected chi connectivity index (χ3v) is 3.84. The van der Waals surface area contributed by atoms with Crippen LogP contribution in [0, 0.1) is 11.8 Å². The van der Waals surface area contributed by atoms with Crippen molar-refractivity contribution in [3.8, 4) is 0 Å². The van der Waals surface area contributed by atoms with Crippen molar-refractivity contribution < 1.29 is 4.79 Å². The van der Waals surface area contributed by atoms with Crippen LogP contribution >= 0.6 is 0 Å². The van der Waals surface area contributed by atoms with Gasteiger partial charge in [-0.3, -0.25) is 9.48 Å². The van der Waals surface area contributed by atoms with Crippen LogP contribution < -0.4 is 11.1 Å². The Morgan fingerprint density at radius 2 is 2.05 bits per heavy atom. The molecule has 1 aromatic rings. The highest BCUT2D eigenvalue weighted by atomic mass is 16.2. The average Bonchev–Trinajstić information content (AvgIpc) is 2.69. The molecule has 5 heteroatoms. The molecule has 3 N–H and O–H groups in total. The van der Waals surface area contributed by atoms with Gasteiger partial charge in [0.1, 0.15) is 0 Å². The van der Waals surface area contributed by atoms with Gasteiger partial charge in [-0.15, -0.1) is 0 Å². The quantitative estimate of drug-likeness (QED) is 0.877. The highest BCUT2D eigenvalue weighted by molar-refractivity contribution is 5.97. The molecule has 19 heavy (non-hydrogen) atoms. The number of nitrogens with two attached hydrogens (primary N) is 1. The first kappa shape index (κ1) is 13.9. The fourth-order valence-electron chi connectivity index (χ4n) is 3.09. The van der Waals surface area contributed by atoms with Crippen molar-refractivity contribution in [3.63, 3.8) is 0 Å². The van der Waals surface area contributed by atoms with Gasteiger partial charge in [0.25, 0.3) is 5.91 Å². The monoisotopic (exact) mass is 264 g/mol. The van der Waals surface area contributed by atoms with Crippen LogP contribution in [0.1, 0.15) is 50.5 Å². The Hall–Kier alpha value is -1.52. The van der Waals surface area contributed by atoms with Crippen molar-refractivity contribution in [1.29, 1.82) is 0 Å². The van der Waals surface area contributed by atoms with Gasteiger partial charge >= 0.3 is 0 Å². The third kappa shape index (κ3) is 3.28. The minimum atomic E-state index is -0.143. The fourth-order valence-corrected chi connectivity index (χ4v) is 3.09. The van der Waals surface area contributed by atoms with Crippen LogP contribution in [-0.2, 0) is 6.54 Å². The van der Waals surface area contributed by atoms with Crippen LogP contribution in [0.5, 0.6) is 0 Å². The minimum absolute atomic E-state index is 0.143. The second kappa shape index (κ2) is 5.63. The second-order valence-corrected chi connectivity index (χ2v) is 5.88. The molecule has 0 bridgehead atoms. The summed E-state index contributed by atoms with van der Waals surface area (Å²) in [5.74, 6) is 1.19. The number of carbonyl (C=O) groups excluding carboxylic acids is 1. The van der Waals surface area contributed by atoms with Crippen LogP contribution in [0.4, 0.5) is 5.69 Å². The number of nitrogens with zero attached hydrogens (tertiary/aromatic N) is 2. The van der Waals surface area contributed by atoms with E-state index in [1.165, 1.54) is 6.42 Å². The van der Waals surface area contributed by atoms with E-state index >= 15 is 0 Å². The Bertz CT molecular complexity index is 444. The Morgan fingerprint density at radius 3 is 2.58 bits per heavy atom. The zero-order valence-corrected chi connectivity index (χ0v) is 12.0. The molecule has 1 saturated carbocycles. The number of rotatable bonds is 3. The van der Waals surface area contributed by atoms with E-state index in [4.69, 9.17) is 5.73 Å². The summed E-state index contributed by atoms with van der Waals surface area (Å²) < 4.78 is 1.69. The van der Waals surface area contributed by atoms with Gasteiger partial charge in [0, 0.05) is 18.8 Å². The lowest BCUT2D eigenvalue weighted by Crippen LogP contribution is -2.40. The predicted octanol–water partition coefficient (Wildman–Crippen LogP) is 2.04. The largest absolute Gasteiger partial charge is 0.396 e. The Morgan fingerprint density at radius 1 is 1.42 bits per heavy atom. The fraction of sp³-hybridized carbons (Fsp3) is 0.714. The van der Waals surface area contributed by atoms with E-state index in [1.54, 1.807) is 10.9 Å². The van der Waals surface area contributed by atoms with Gasteiger partial charge < -0.3 is 11.1 Å². The Balaban J connectivity index is 2.02. The number of nitrogens with one attached hydrogen (secondary N) is 1. The highest BCUT2D eigenvalue weighted by Gasteiger charge is 2.26. The summed E-state index contributed by atoms with van der Waals surface area (Å²) in [6, 6.07) is 0.248. The molecule has 1 aromatic heterocycles. The summed E-state index contributed by atoms with van der Waals surface area (Å²) in [6.45, 7) is 7.18. The maximum Gasteiger partial charge on any atom is 0.274 e. The third-order valence-electron chi connectivity index (χ3n) is 3.84. The topological polar surface area (TPSA) is 72.9 Å². The van der Waals surface area contributed by atoms with Crippen LogP contribution in [0.15, 0.2) is 6.20 Å².